The van der Waals surface area contributed by atoms with Crippen LogP contribution in [0, 0.1) is 11.8 Å². The molecule has 1 unspecified atom stereocenters. The topological polar surface area (TPSA) is 65.6 Å². The van der Waals surface area contributed by atoms with Gasteiger partial charge in [0.1, 0.15) is 0 Å². The highest BCUT2D eigenvalue weighted by Gasteiger charge is 2.43. The molecule has 126 valence electrons. The number of rotatable bonds is 1. The van der Waals surface area contributed by atoms with Crippen LogP contribution in [0.1, 0.15) is 36.6 Å². The van der Waals surface area contributed by atoms with Gasteiger partial charge in [-0.2, -0.15) is 0 Å². The Hall–Kier alpha value is -1.85. The molecule has 4 atom stereocenters. The lowest BCUT2D eigenvalue weighted by atomic mass is 9.77. The molecule has 2 fully saturated rings. The van der Waals surface area contributed by atoms with Crippen molar-refractivity contribution in [3.05, 3.63) is 35.5 Å². The fraction of sp³-hybridized carbons (Fsp3) is 0.526. The van der Waals surface area contributed by atoms with Gasteiger partial charge in [0.15, 0.2) is 6.29 Å². The third-order valence-corrected chi connectivity index (χ3v) is 6.12. The number of para-hydroxylation sites is 1. The Balaban J connectivity index is 1.51. The van der Waals surface area contributed by atoms with Crippen molar-refractivity contribution in [3.8, 4) is 0 Å². The van der Waals surface area contributed by atoms with E-state index in [1.807, 2.05) is 6.07 Å². The number of H-pyrrole nitrogens is 1. The zero-order valence-electron chi connectivity index (χ0n) is 13.6. The monoisotopic (exact) mass is 326 g/mol. The average Bonchev–Trinajstić information content (AvgIpc) is 3.18. The Kier molecular flexibility index (Phi) is 3.22. The maximum Gasteiger partial charge on any atom is 0.223 e. The number of nitrogens with one attached hydrogen (secondary N) is 1. The first-order chi connectivity index (χ1) is 11.7. The van der Waals surface area contributed by atoms with Crippen LogP contribution in [0.2, 0.25) is 0 Å². The van der Waals surface area contributed by atoms with Gasteiger partial charge in [0.25, 0.3) is 0 Å². The van der Waals surface area contributed by atoms with E-state index >= 15 is 0 Å². The summed E-state index contributed by atoms with van der Waals surface area (Å²) in [6.45, 7) is 1.39. The van der Waals surface area contributed by atoms with Crippen molar-refractivity contribution in [2.75, 3.05) is 13.2 Å². The molecule has 3 aliphatic rings. The van der Waals surface area contributed by atoms with Crippen LogP contribution >= 0.6 is 0 Å². The van der Waals surface area contributed by atoms with Gasteiger partial charge >= 0.3 is 0 Å². The highest BCUT2D eigenvalue weighted by molar-refractivity contribution is 5.86. The van der Waals surface area contributed by atoms with Gasteiger partial charge in [-0.15, -0.1) is 0 Å². The van der Waals surface area contributed by atoms with Gasteiger partial charge in [0, 0.05) is 36.0 Å². The second kappa shape index (κ2) is 5.33. The Bertz CT molecular complexity index is 799. The third kappa shape index (κ3) is 2.11. The van der Waals surface area contributed by atoms with Gasteiger partial charge in [-0.1, -0.05) is 18.2 Å². The third-order valence-electron chi connectivity index (χ3n) is 6.12. The molecule has 3 aliphatic heterocycles. The summed E-state index contributed by atoms with van der Waals surface area (Å²) >= 11 is 0. The Morgan fingerprint density at radius 1 is 1.21 bits per heavy atom. The van der Waals surface area contributed by atoms with E-state index in [0.717, 1.165) is 19.4 Å². The van der Waals surface area contributed by atoms with E-state index < -0.39 is 6.29 Å². The molecule has 0 bridgehead atoms. The van der Waals surface area contributed by atoms with E-state index in [9.17, 15) is 9.90 Å². The summed E-state index contributed by atoms with van der Waals surface area (Å²) in [7, 11) is 0. The Morgan fingerprint density at radius 3 is 2.92 bits per heavy atom. The van der Waals surface area contributed by atoms with E-state index in [2.05, 4.69) is 28.1 Å². The number of benzene rings is 1. The predicted molar refractivity (Wildman–Crippen MR) is 89.2 cm³/mol. The predicted octanol–water partition coefficient (Wildman–Crippen LogP) is 2.36. The SMILES string of the molecule is O=C1C[C@H]([C@@H]2COC(O)C2)C[C@H]2c3[nH]c4ccccc4c3CCN12. The molecule has 5 nitrogen and oxygen atoms in total. The van der Waals surface area contributed by atoms with Gasteiger partial charge in [-0.25, -0.2) is 0 Å². The van der Waals surface area contributed by atoms with E-state index in [0.29, 0.717) is 31.3 Å². The summed E-state index contributed by atoms with van der Waals surface area (Å²) < 4.78 is 5.33. The first-order valence-electron chi connectivity index (χ1n) is 8.89. The van der Waals surface area contributed by atoms with Crippen molar-refractivity contribution in [2.24, 2.45) is 11.8 Å². The summed E-state index contributed by atoms with van der Waals surface area (Å²) in [5.41, 5.74) is 3.77. The molecule has 0 spiro atoms. The fourth-order valence-corrected chi connectivity index (χ4v) is 4.89. The van der Waals surface area contributed by atoms with E-state index in [1.54, 1.807) is 0 Å². The minimum atomic E-state index is -0.655. The fourth-order valence-electron chi connectivity index (χ4n) is 4.89. The maximum absolute atomic E-state index is 12.7. The molecule has 5 heteroatoms. The lowest BCUT2D eigenvalue weighted by molar-refractivity contribution is -0.140. The van der Waals surface area contributed by atoms with Crippen LogP contribution in [0.5, 0.6) is 0 Å². The van der Waals surface area contributed by atoms with Gasteiger partial charge < -0.3 is 19.7 Å². The van der Waals surface area contributed by atoms with Gasteiger partial charge in [0.05, 0.1) is 12.6 Å². The van der Waals surface area contributed by atoms with Crippen LogP contribution in [0.15, 0.2) is 24.3 Å². The molecule has 5 rings (SSSR count). The zero-order valence-corrected chi connectivity index (χ0v) is 13.6. The standard InChI is InChI=1S/C19H22N2O3/c22-17-8-11(12-9-18(23)24-10-12)7-16-19-14(5-6-21(16)17)13-3-1-2-4-15(13)20-19/h1-4,11-12,16,18,20,23H,5-10H2/t11-,12+,16+,18?/m1/s1. The minimum Gasteiger partial charge on any atom is -0.368 e. The number of hydrogen-bond acceptors (Lipinski definition) is 3. The molecule has 2 N–H and O–H groups in total. The first kappa shape index (κ1) is 14.5. The van der Waals surface area contributed by atoms with Crippen LogP contribution in [0.3, 0.4) is 0 Å². The summed E-state index contributed by atoms with van der Waals surface area (Å²) in [5.74, 6) is 0.844. The molecule has 24 heavy (non-hydrogen) atoms. The molecule has 2 saturated heterocycles. The summed E-state index contributed by atoms with van der Waals surface area (Å²) in [5, 5.41) is 11.0. The van der Waals surface area contributed by atoms with Crippen molar-refractivity contribution in [3.63, 3.8) is 0 Å². The molecule has 0 radical (unpaired) electrons. The number of carbonyl (C=O) groups excluding carboxylic acids is 1. The molecular formula is C19H22N2O3. The maximum atomic E-state index is 12.7. The summed E-state index contributed by atoms with van der Waals surface area (Å²) in [6.07, 6.45) is 2.49. The summed E-state index contributed by atoms with van der Waals surface area (Å²) in [4.78, 5) is 18.3. The lowest BCUT2D eigenvalue weighted by Crippen LogP contribution is -2.46. The van der Waals surface area contributed by atoms with Gasteiger partial charge in [-0.05, 0) is 36.3 Å². The number of amides is 1. The van der Waals surface area contributed by atoms with Crippen molar-refractivity contribution in [1.29, 1.82) is 0 Å². The van der Waals surface area contributed by atoms with Crippen LogP contribution < -0.4 is 0 Å². The first-order valence-corrected chi connectivity index (χ1v) is 8.89. The number of aromatic amines is 1. The minimum absolute atomic E-state index is 0.144. The molecule has 1 aromatic carbocycles. The second-order valence-corrected chi connectivity index (χ2v) is 7.40. The van der Waals surface area contributed by atoms with Crippen LogP contribution in [0.4, 0.5) is 0 Å². The van der Waals surface area contributed by atoms with Crippen LogP contribution in [-0.4, -0.2) is 40.3 Å². The molecule has 0 aliphatic carbocycles. The summed E-state index contributed by atoms with van der Waals surface area (Å²) in [6, 6.07) is 8.55. The van der Waals surface area contributed by atoms with Crippen LogP contribution in [0.25, 0.3) is 10.9 Å². The van der Waals surface area contributed by atoms with E-state index in [1.165, 1.54) is 22.2 Å². The Morgan fingerprint density at radius 2 is 2.08 bits per heavy atom. The molecular weight excluding hydrogens is 304 g/mol. The number of carbonyl (C=O) groups is 1. The number of piperidine rings is 1. The van der Waals surface area contributed by atoms with E-state index in [-0.39, 0.29) is 11.9 Å². The van der Waals surface area contributed by atoms with Gasteiger partial charge in [-0.3, -0.25) is 4.79 Å². The molecule has 1 aromatic heterocycles. The van der Waals surface area contributed by atoms with Crippen molar-refractivity contribution < 1.29 is 14.6 Å². The number of aliphatic hydroxyl groups excluding tert-OH is 1. The largest absolute Gasteiger partial charge is 0.368 e. The second-order valence-electron chi connectivity index (χ2n) is 7.40. The number of hydrogen-bond donors (Lipinski definition) is 2. The number of aromatic nitrogens is 1. The molecule has 1 amide bonds. The number of fused-ring (bicyclic) bond motifs is 5. The van der Waals surface area contributed by atoms with Crippen molar-refractivity contribution in [2.45, 2.75) is 38.0 Å². The van der Waals surface area contributed by atoms with E-state index in [4.69, 9.17) is 4.74 Å². The average molecular weight is 326 g/mol. The molecule has 0 saturated carbocycles. The van der Waals surface area contributed by atoms with Crippen molar-refractivity contribution in [1.82, 2.24) is 9.88 Å². The molecule has 4 heterocycles. The lowest BCUT2D eigenvalue weighted by Gasteiger charge is -2.43. The number of aliphatic hydroxyl groups is 1. The number of nitrogens with zero attached hydrogens (tertiary/aromatic N) is 1. The van der Waals surface area contributed by atoms with Gasteiger partial charge in [0.2, 0.25) is 5.91 Å². The highest BCUT2D eigenvalue weighted by atomic mass is 16.6. The zero-order chi connectivity index (χ0) is 16.3. The normalized spacial score (nSPS) is 32.9. The number of ether oxygens (including phenoxy) is 1. The quantitative estimate of drug-likeness (QED) is 0.845. The Labute approximate surface area is 140 Å². The van der Waals surface area contributed by atoms with Crippen LogP contribution in [-0.2, 0) is 16.0 Å². The molecule has 2 aromatic rings. The van der Waals surface area contributed by atoms with Crippen molar-refractivity contribution >= 4 is 16.8 Å². The smallest absolute Gasteiger partial charge is 0.223 e. The highest BCUT2D eigenvalue weighted by Crippen LogP contribution is 2.45.